The van der Waals surface area contributed by atoms with E-state index in [-0.39, 0.29) is 48.4 Å². The van der Waals surface area contributed by atoms with E-state index in [9.17, 15) is 19.5 Å². The van der Waals surface area contributed by atoms with Gasteiger partial charge in [0.05, 0.1) is 29.8 Å². The Morgan fingerprint density at radius 1 is 0.886 bits per heavy atom. The van der Waals surface area contributed by atoms with E-state index in [1.807, 2.05) is 78.9 Å². The number of benzene rings is 4. The van der Waals surface area contributed by atoms with Crippen molar-refractivity contribution in [2.24, 2.45) is 0 Å². The van der Waals surface area contributed by atoms with E-state index in [1.165, 1.54) is 4.90 Å². The molecule has 0 bridgehead atoms. The molecule has 1 heterocycles. The first kappa shape index (κ1) is 31.0. The third kappa shape index (κ3) is 6.85. The molecule has 0 fully saturated rings. The Morgan fingerprint density at radius 3 is 2.27 bits per heavy atom. The van der Waals surface area contributed by atoms with Crippen molar-refractivity contribution in [3.8, 4) is 11.1 Å². The summed E-state index contributed by atoms with van der Waals surface area (Å²) in [5, 5.41) is 10.5. The number of halogens is 1. The molecule has 2 amide bonds. The number of nitrogens with zero attached hydrogens (tertiary/aromatic N) is 2. The van der Waals surface area contributed by atoms with Crippen molar-refractivity contribution in [3.63, 3.8) is 0 Å². The molecular weight excluding hydrogens is 576 g/mol. The maximum atomic E-state index is 14.0. The highest BCUT2D eigenvalue weighted by molar-refractivity contribution is 6.34. The van der Waals surface area contributed by atoms with Gasteiger partial charge in [-0.05, 0) is 61.2 Å². The van der Waals surface area contributed by atoms with Crippen LogP contribution in [0.3, 0.4) is 0 Å². The molecule has 0 saturated heterocycles. The van der Waals surface area contributed by atoms with E-state index in [2.05, 4.69) is 0 Å². The standard InChI is InChI=1S/C36H35ClN2O5/c1-36(2,3)44-35(43)38-21-26-13-7-10-16-32(26)39(22-27(38)23-40)34(42)30-18-17-24(19-31(30)37)20-33(41)29-15-9-8-14-28(29)25-11-5-4-6-12-25/h4-19,27,40H,20-23H2,1-3H3/t27-/m0/s1. The van der Waals surface area contributed by atoms with Crippen molar-refractivity contribution >= 4 is 35.1 Å². The number of ketones is 1. The maximum absolute atomic E-state index is 14.0. The smallest absolute Gasteiger partial charge is 0.410 e. The quantitative estimate of drug-likeness (QED) is 0.234. The molecule has 4 aromatic carbocycles. The summed E-state index contributed by atoms with van der Waals surface area (Å²) < 4.78 is 5.61. The minimum Gasteiger partial charge on any atom is -0.444 e. The number of hydrogen-bond donors (Lipinski definition) is 1. The van der Waals surface area contributed by atoms with Crippen LogP contribution in [0.25, 0.3) is 11.1 Å². The summed E-state index contributed by atoms with van der Waals surface area (Å²) in [6.07, 6.45) is -0.455. The van der Waals surface area contributed by atoms with Gasteiger partial charge >= 0.3 is 6.09 Å². The van der Waals surface area contributed by atoms with Gasteiger partial charge in [-0.1, -0.05) is 90.5 Å². The van der Waals surface area contributed by atoms with Crippen LogP contribution in [0.5, 0.6) is 0 Å². The molecule has 1 aliphatic rings. The lowest BCUT2D eigenvalue weighted by molar-refractivity contribution is 0.00863. The minimum atomic E-state index is -0.724. The van der Waals surface area contributed by atoms with E-state index in [0.29, 0.717) is 16.8 Å². The molecule has 4 aromatic rings. The summed E-state index contributed by atoms with van der Waals surface area (Å²) >= 11 is 6.70. The van der Waals surface area contributed by atoms with Gasteiger partial charge in [-0.25, -0.2) is 4.79 Å². The molecule has 1 N–H and O–H groups in total. The van der Waals surface area contributed by atoms with Crippen molar-refractivity contribution in [1.82, 2.24) is 4.90 Å². The van der Waals surface area contributed by atoms with Crippen molar-refractivity contribution in [1.29, 1.82) is 0 Å². The molecule has 0 saturated carbocycles. The number of ether oxygens (including phenoxy) is 1. The number of rotatable bonds is 6. The first-order chi connectivity index (χ1) is 21.1. The number of carbonyl (C=O) groups is 3. The fraction of sp³-hybridized carbons (Fsp3) is 0.250. The van der Waals surface area contributed by atoms with Gasteiger partial charge in [0, 0.05) is 24.2 Å². The highest BCUT2D eigenvalue weighted by Gasteiger charge is 2.36. The van der Waals surface area contributed by atoms with Crippen LogP contribution in [0.15, 0.2) is 97.1 Å². The lowest BCUT2D eigenvalue weighted by Gasteiger charge is -2.32. The number of anilines is 1. The molecule has 1 aliphatic heterocycles. The third-order valence-electron chi connectivity index (χ3n) is 7.48. The predicted octanol–water partition coefficient (Wildman–Crippen LogP) is 7.19. The first-order valence-electron chi connectivity index (χ1n) is 14.5. The van der Waals surface area contributed by atoms with Crippen LogP contribution in [-0.4, -0.2) is 52.6 Å². The number of aliphatic hydroxyl groups is 1. The van der Waals surface area contributed by atoms with Crippen LogP contribution < -0.4 is 4.90 Å². The van der Waals surface area contributed by atoms with Crippen LogP contribution in [0.4, 0.5) is 10.5 Å². The molecule has 0 spiro atoms. The Kier molecular flexibility index (Phi) is 9.18. The number of aliphatic hydroxyl groups excluding tert-OH is 1. The average Bonchev–Trinajstić information content (AvgIpc) is 3.17. The number of amides is 2. The molecule has 44 heavy (non-hydrogen) atoms. The second-order valence-corrected chi connectivity index (χ2v) is 12.2. The number of hydrogen-bond acceptors (Lipinski definition) is 5. The topological polar surface area (TPSA) is 87.2 Å². The summed E-state index contributed by atoms with van der Waals surface area (Å²) in [6.45, 7) is 5.18. The number of carbonyl (C=O) groups excluding carboxylic acids is 3. The molecule has 1 atom stereocenters. The first-order valence-corrected chi connectivity index (χ1v) is 14.9. The molecule has 5 rings (SSSR count). The highest BCUT2D eigenvalue weighted by atomic mass is 35.5. The minimum absolute atomic E-state index is 0.0401. The Balaban J connectivity index is 1.40. The molecule has 7 nitrogen and oxygen atoms in total. The zero-order valence-electron chi connectivity index (χ0n) is 25.0. The summed E-state index contributed by atoms with van der Waals surface area (Å²) in [7, 11) is 0. The van der Waals surface area contributed by atoms with Crippen LogP contribution in [0.2, 0.25) is 5.02 Å². The summed E-state index contributed by atoms with van der Waals surface area (Å²) in [5.74, 6) is -0.437. The monoisotopic (exact) mass is 610 g/mol. The Labute approximate surface area is 262 Å². The molecule has 8 heteroatoms. The molecule has 0 aromatic heterocycles. The van der Waals surface area contributed by atoms with E-state index >= 15 is 0 Å². The molecule has 0 unspecified atom stereocenters. The van der Waals surface area contributed by atoms with Gasteiger partial charge in [0.2, 0.25) is 0 Å². The normalized spacial score (nSPS) is 14.9. The zero-order valence-corrected chi connectivity index (χ0v) is 25.8. The lowest BCUT2D eigenvalue weighted by atomic mass is 9.94. The number of fused-ring (bicyclic) bond motifs is 1. The fourth-order valence-corrected chi connectivity index (χ4v) is 5.66. The Bertz CT molecular complexity index is 1680. The van der Waals surface area contributed by atoms with Crippen molar-refractivity contribution < 1.29 is 24.2 Å². The van der Waals surface area contributed by atoms with E-state index in [4.69, 9.17) is 16.3 Å². The second kappa shape index (κ2) is 13.0. The molecule has 0 radical (unpaired) electrons. The van der Waals surface area contributed by atoms with Gasteiger partial charge in [-0.2, -0.15) is 0 Å². The van der Waals surface area contributed by atoms with Crippen LogP contribution >= 0.6 is 11.6 Å². The van der Waals surface area contributed by atoms with E-state index < -0.39 is 17.7 Å². The largest absolute Gasteiger partial charge is 0.444 e. The van der Waals surface area contributed by atoms with Gasteiger partial charge in [0.15, 0.2) is 5.78 Å². The van der Waals surface area contributed by atoms with E-state index in [1.54, 1.807) is 43.9 Å². The van der Waals surface area contributed by atoms with Crippen molar-refractivity contribution in [2.75, 3.05) is 18.1 Å². The molecule has 226 valence electrons. The zero-order chi connectivity index (χ0) is 31.4. The van der Waals surface area contributed by atoms with Gasteiger partial charge < -0.3 is 14.7 Å². The lowest BCUT2D eigenvalue weighted by Crippen LogP contribution is -2.49. The van der Waals surface area contributed by atoms with Crippen LogP contribution in [-0.2, 0) is 17.7 Å². The van der Waals surface area contributed by atoms with E-state index in [0.717, 1.165) is 16.7 Å². The Morgan fingerprint density at radius 2 is 1.57 bits per heavy atom. The van der Waals surface area contributed by atoms with Gasteiger partial charge in [0.1, 0.15) is 5.60 Å². The second-order valence-electron chi connectivity index (χ2n) is 11.8. The molecular formula is C36H35ClN2O5. The SMILES string of the molecule is CC(C)(C)OC(=O)N1Cc2ccccc2N(C(=O)c2ccc(CC(=O)c3ccccc3-c3ccccc3)cc2Cl)C[C@H]1CO. The fourth-order valence-electron chi connectivity index (χ4n) is 5.37. The van der Waals surface area contributed by atoms with Crippen molar-refractivity contribution in [2.45, 2.75) is 45.4 Å². The average molecular weight is 611 g/mol. The number of Topliss-reactive ketones (excluding diaryl/α,β-unsaturated/α-hetero) is 1. The van der Waals surface area contributed by atoms with Crippen molar-refractivity contribution in [3.05, 3.63) is 124 Å². The van der Waals surface area contributed by atoms with Crippen LogP contribution in [0, 0.1) is 0 Å². The summed E-state index contributed by atoms with van der Waals surface area (Å²) in [5.41, 5.74) is 3.99. The van der Waals surface area contributed by atoms with Crippen LogP contribution in [0.1, 0.15) is 52.6 Å². The predicted molar refractivity (Wildman–Crippen MR) is 172 cm³/mol. The number of para-hydroxylation sites is 1. The highest BCUT2D eigenvalue weighted by Crippen LogP contribution is 2.32. The Hall–Kier alpha value is -4.46. The van der Waals surface area contributed by atoms with Gasteiger partial charge in [-0.15, -0.1) is 0 Å². The van der Waals surface area contributed by atoms with Gasteiger partial charge in [-0.3, -0.25) is 14.5 Å². The third-order valence-corrected chi connectivity index (χ3v) is 7.79. The molecule has 0 aliphatic carbocycles. The summed E-state index contributed by atoms with van der Waals surface area (Å²) in [4.78, 5) is 43.6. The summed E-state index contributed by atoms with van der Waals surface area (Å²) in [6, 6.07) is 28.9. The van der Waals surface area contributed by atoms with Gasteiger partial charge in [0.25, 0.3) is 5.91 Å². The maximum Gasteiger partial charge on any atom is 0.410 e.